The van der Waals surface area contributed by atoms with Gasteiger partial charge in [-0.05, 0) is 24.6 Å². The number of amides is 1. The predicted molar refractivity (Wildman–Crippen MR) is 69.4 cm³/mol. The highest BCUT2D eigenvalue weighted by molar-refractivity contribution is 6.32. The maximum atomic E-state index is 12.8. The normalized spacial score (nSPS) is 10.2. The number of unbranched alkanes of at least 4 members (excludes halogenated alkanes) is 1. The molecule has 1 amide bonds. The van der Waals surface area contributed by atoms with Crippen LogP contribution in [0, 0.1) is 5.82 Å². The molecule has 0 aromatic heterocycles. The van der Waals surface area contributed by atoms with Gasteiger partial charge in [0.1, 0.15) is 18.2 Å². The summed E-state index contributed by atoms with van der Waals surface area (Å²) in [6.45, 7) is 2.76. The van der Waals surface area contributed by atoms with E-state index in [1.807, 2.05) is 6.92 Å². The van der Waals surface area contributed by atoms with Gasteiger partial charge in [0.2, 0.25) is 5.91 Å². The van der Waals surface area contributed by atoms with E-state index in [9.17, 15) is 9.18 Å². The summed E-state index contributed by atoms with van der Waals surface area (Å²) in [5.41, 5.74) is 0. The van der Waals surface area contributed by atoms with Crippen LogP contribution in [0.4, 0.5) is 4.39 Å². The molecule has 0 fully saturated rings. The van der Waals surface area contributed by atoms with Gasteiger partial charge in [-0.2, -0.15) is 0 Å². The zero-order chi connectivity index (χ0) is 13.4. The molecule has 0 saturated carbocycles. The highest BCUT2D eigenvalue weighted by Gasteiger charge is 2.03. The van der Waals surface area contributed by atoms with Gasteiger partial charge in [-0.25, -0.2) is 4.39 Å². The third-order valence-corrected chi connectivity index (χ3v) is 2.63. The monoisotopic (exact) mass is 273 g/mol. The second-order valence-electron chi connectivity index (χ2n) is 3.88. The number of halogens is 2. The van der Waals surface area contributed by atoms with Crippen LogP contribution in [-0.4, -0.2) is 19.1 Å². The minimum atomic E-state index is -0.403. The lowest BCUT2D eigenvalue weighted by Gasteiger charge is -2.09. The fourth-order valence-electron chi connectivity index (χ4n) is 1.37. The molecule has 0 radical (unpaired) electrons. The lowest BCUT2D eigenvalue weighted by Crippen LogP contribution is -2.27. The molecule has 0 aliphatic heterocycles. The van der Waals surface area contributed by atoms with E-state index < -0.39 is 5.82 Å². The van der Waals surface area contributed by atoms with Crippen LogP contribution in [0.3, 0.4) is 0 Å². The van der Waals surface area contributed by atoms with Crippen molar-refractivity contribution in [2.24, 2.45) is 0 Å². The van der Waals surface area contributed by atoms with Gasteiger partial charge in [-0.1, -0.05) is 24.9 Å². The Kier molecular flexibility index (Phi) is 6.50. The van der Waals surface area contributed by atoms with E-state index in [0.717, 1.165) is 12.8 Å². The van der Waals surface area contributed by atoms with Crippen molar-refractivity contribution in [3.63, 3.8) is 0 Å². The first-order chi connectivity index (χ1) is 8.63. The molecule has 0 aliphatic rings. The third kappa shape index (κ3) is 5.36. The summed E-state index contributed by atoms with van der Waals surface area (Å²) in [6, 6.07) is 3.94. The smallest absolute Gasteiger partial charge is 0.220 e. The lowest BCUT2D eigenvalue weighted by molar-refractivity contribution is -0.121. The van der Waals surface area contributed by atoms with Crippen LogP contribution in [0.2, 0.25) is 5.02 Å². The Hall–Kier alpha value is -1.29. The number of carbonyl (C=O) groups excluding carboxylic acids is 1. The van der Waals surface area contributed by atoms with E-state index in [1.54, 1.807) is 0 Å². The Balaban J connectivity index is 2.23. The summed E-state index contributed by atoms with van der Waals surface area (Å²) in [4.78, 5) is 11.3. The van der Waals surface area contributed by atoms with Crippen LogP contribution in [0.15, 0.2) is 18.2 Å². The van der Waals surface area contributed by atoms with Crippen molar-refractivity contribution < 1.29 is 13.9 Å². The Morgan fingerprint density at radius 1 is 1.50 bits per heavy atom. The van der Waals surface area contributed by atoms with Crippen LogP contribution >= 0.6 is 11.6 Å². The Morgan fingerprint density at radius 3 is 2.94 bits per heavy atom. The van der Waals surface area contributed by atoms with Gasteiger partial charge >= 0.3 is 0 Å². The van der Waals surface area contributed by atoms with Crippen LogP contribution < -0.4 is 10.1 Å². The van der Waals surface area contributed by atoms with Crippen molar-refractivity contribution in [1.82, 2.24) is 5.32 Å². The molecule has 1 rings (SSSR count). The number of nitrogens with one attached hydrogen (secondary N) is 1. The largest absolute Gasteiger partial charge is 0.490 e. The molecule has 0 bridgehead atoms. The summed E-state index contributed by atoms with van der Waals surface area (Å²) in [7, 11) is 0. The number of hydrogen-bond acceptors (Lipinski definition) is 2. The van der Waals surface area contributed by atoms with Gasteiger partial charge in [0.25, 0.3) is 0 Å². The number of carbonyl (C=O) groups is 1. The van der Waals surface area contributed by atoms with Crippen LogP contribution in [0.1, 0.15) is 26.2 Å². The van der Waals surface area contributed by atoms with E-state index in [1.165, 1.54) is 18.2 Å². The second kappa shape index (κ2) is 7.93. The van der Waals surface area contributed by atoms with E-state index >= 15 is 0 Å². The minimum absolute atomic E-state index is 0.0191. The Labute approximate surface area is 111 Å². The molecule has 0 heterocycles. The quantitative estimate of drug-likeness (QED) is 0.775. The first kappa shape index (κ1) is 14.8. The van der Waals surface area contributed by atoms with Gasteiger partial charge in [0.05, 0.1) is 11.6 Å². The Morgan fingerprint density at radius 2 is 2.28 bits per heavy atom. The highest BCUT2D eigenvalue weighted by atomic mass is 35.5. The van der Waals surface area contributed by atoms with Crippen LogP contribution in [0.5, 0.6) is 5.75 Å². The van der Waals surface area contributed by atoms with E-state index in [2.05, 4.69) is 5.32 Å². The molecule has 5 heteroatoms. The maximum Gasteiger partial charge on any atom is 0.220 e. The Bertz CT molecular complexity index is 399. The average Bonchev–Trinajstić information content (AvgIpc) is 2.34. The molecule has 1 aromatic carbocycles. The molecule has 18 heavy (non-hydrogen) atoms. The van der Waals surface area contributed by atoms with Gasteiger partial charge in [-0.15, -0.1) is 0 Å². The predicted octanol–water partition coefficient (Wildman–Crippen LogP) is 3.16. The molecular weight excluding hydrogens is 257 g/mol. The van der Waals surface area contributed by atoms with Crippen LogP contribution in [-0.2, 0) is 4.79 Å². The van der Waals surface area contributed by atoms with Crippen molar-refractivity contribution in [2.45, 2.75) is 26.2 Å². The maximum absolute atomic E-state index is 12.8. The van der Waals surface area contributed by atoms with Gasteiger partial charge in [0, 0.05) is 6.42 Å². The summed E-state index contributed by atoms with van der Waals surface area (Å²) < 4.78 is 18.1. The number of hydrogen-bond donors (Lipinski definition) is 1. The topological polar surface area (TPSA) is 38.3 Å². The van der Waals surface area contributed by atoms with Crippen molar-refractivity contribution in [2.75, 3.05) is 13.2 Å². The summed E-state index contributed by atoms with van der Waals surface area (Å²) in [5, 5.41) is 2.97. The molecule has 0 atom stereocenters. The third-order valence-electron chi connectivity index (χ3n) is 2.33. The van der Waals surface area contributed by atoms with Crippen molar-refractivity contribution in [1.29, 1.82) is 0 Å². The number of rotatable bonds is 7. The standard InChI is InChI=1S/C13H17ClFNO2/c1-2-3-4-13(17)16-7-8-18-12-6-5-10(15)9-11(12)14/h5-6,9H,2-4,7-8H2,1H3,(H,16,17). The molecule has 100 valence electrons. The number of ether oxygens (including phenoxy) is 1. The van der Waals surface area contributed by atoms with Gasteiger partial charge in [-0.3, -0.25) is 4.79 Å². The average molecular weight is 274 g/mol. The SMILES string of the molecule is CCCCC(=O)NCCOc1ccc(F)cc1Cl. The minimum Gasteiger partial charge on any atom is -0.490 e. The van der Waals surface area contributed by atoms with Crippen molar-refractivity contribution in [3.05, 3.63) is 29.0 Å². The van der Waals surface area contributed by atoms with E-state index in [4.69, 9.17) is 16.3 Å². The zero-order valence-corrected chi connectivity index (χ0v) is 11.1. The lowest BCUT2D eigenvalue weighted by atomic mass is 10.2. The summed E-state index contributed by atoms with van der Waals surface area (Å²) in [6.07, 6.45) is 2.42. The van der Waals surface area contributed by atoms with E-state index in [-0.39, 0.29) is 10.9 Å². The fraction of sp³-hybridized carbons (Fsp3) is 0.462. The van der Waals surface area contributed by atoms with Gasteiger partial charge in [0.15, 0.2) is 0 Å². The second-order valence-corrected chi connectivity index (χ2v) is 4.28. The fourth-order valence-corrected chi connectivity index (χ4v) is 1.59. The molecule has 1 aromatic rings. The molecule has 0 spiro atoms. The van der Waals surface area contributed by atoms with Crippen molar-refractivity contribution >= 4 is 17.5 Å². The molecule has 0 unspecified atom stereocenters. The van der Waals surface area contributed by atoms with Gasteiger partial charge < -0.3 is 10.1 Å². The first-order valence-corrected chi connectivity index (χ1v) is 6.36. The summed E-state index contributed by atoms with van der Waals surface area (Å²) >= 11 is 5.79. The highest BCUT2D eigenvalue weighted by Crippen LogP contribution is 2.24. The van der Waals surface area contributed by atoms with Crippen molar-refractivity contribution in [3.8, 4) is 5.75 Å². The zero-order valence-electron chi connectivity index (χ0n) is 10.3. The number of benzene rings is 1. The molecule has 0 aliphatic carbocycles. The van der Waals surface area contributed by atoms with Crippen LogP contribution in [0.25, 0.3) is 0 Å². The first-order valence-electron chi connectivity index (χ1n) is 5.98. The summed E-state index contributed by atoms with van der Waals surface area (Å²) in [5.74, 6) is 0.0340. The molecule has 3 nitrogen and oxygen atoms in total. The van der Waals surface area contributed by atoms with E-state index in [0.29, 0.717) is 25.3 Å². The molecule has 1 N–H and O–H groups in total. The molecular formula is C13H17ClFNO2. The molecule has 0 saturated heterocycles.